The highest BCUT2D eigenvalue weighted by Crippen LogP contribution is 2.34. The fourth-order valence-electron chi connectivity index (χ4n) is 3.25. The Hall–Kier alpha value is -1.62. The Morgan fingerprint density at radius 2 is 1.75 bits per heavy atom. The summed E-state index contributed by atoms with van der Waals surface area (Å²) in [5.74, 6) is 0.0708. The van der Waals surface area contributed by atoms with Gasteiger partial charge < -0.3 is 4.74 Å². The maximum absolute atomic E-state index is 12.3. The summed E-state index contributed by atoms with van der Waals surface area (Å²) < 4.78 is 29.8. The van der Waals surface area contributed by atoms with Crippen molar-refractivity contribution in [3.63, 3.8) is 0 Å². The minimum atomic E-state index is -3.20. The molecule has 2 aliphatic rings. The number of hydrogen-bond donors (Lipinski definition) is 0. The molecular weight excluding hydrogens is 324 g/mol. The van der Waals surface area contributed by atoms with Gasteiger partial charge in [0.15, 0.2) is 9.84 Å². The van der Waals surface area contributed by atoms with E-state index in [9.17, 15) is 13.2 Å². The van der Waals surface area contributed by atoms with Gasteiger partial charge in [-0.1, -0.05) is 31.1 Å². The molecule has 0 heterocycles. The number of esters is 1. The Kier molecular flexibility index (Phi) is 5.09. The van der Waals surface area contributed by atoms with Crippen LogP contribution < -0.4 is 0 Å². The second-order valence-electron chi connectivity index (χ2n) is 6.61. The zero-order chi connectivity index (χ0) is 17.2. The van der Waals surface area contributed by atoms with E-state index in [1.165, 1.54) is 12.8 Å². The lowest BCUT2D eigenvalue weighted by atomic mass is 9.99. The number of hydrogen-bond acceptors (Lipinski definition) is 4. The van der Waals surface area contributed by atoms with E-state index in [0.29, 0.717) is 23.0 Å². The number of rotatable bonds is 6. The largest absolute Gasteiger partial charge is 0.462 e. The van der Waals surface area contributed by atoms with E-state index in [1.807, 2.05) is 6.08 Å². The van der Waals surface area contributed by atoms with Gasteiger partial charge in [-0.3, -0.25) is 0 Å². The van der Waals surface area contributed by atoms with Gasteiger partial charge in [-0.25, -0.2) is 13.2 Å². The fraction of sp³-hybridized carbons (Fsp3) is 0.526. The zero-order valence-corrected chi connectivity index (χ0v) is 14.8. The Morgan fingerprint density at radius 1 is 1.12 bits per heavy atom. The van der Waals surface area contributed by atoms with Gasteiger partial charge in [-0.2, -0.15) is 0 Å². The van der Waals surface area contributed by atoms with Gasteiger partial charge >= 0.3 is 5.97 Å². The van der Waals surface area contributed by atoms with Gasteiger partial charge in [0, 0.05) is 0 Å². The number of allylic oxidation sites excluding steroid dienone is 1. The first kappa shape index (κ1) is 17.2. The average Bonchev–Trinajstić information content (AvgIpc) is 3.32. The first-order valence-electron chi connectivity index (χ1n) is 8.75. The lowest BCUT2D eigenvalue weighted by molar-refractivity contribution is -0.136. The predicted molar refractivity (Wildman–Crippen MR) is 93.2 cm³/mol. The van der Waals surface area contributed by atoms with Gasteiger partial charge in [-0.15, -0.1) is 0 Å². The molecule has 0 radical (unpaired) electrons. The van der Waals surface area contributed by atoms with Gasteiger partial charge in [0.05, 0.1) is 22.3 Å². The quantitative estimate of drug-likeness (QED) is 0.580. The lowest BCUT2D eigenvalue weighted by Crippen LogP contribution is -2.10. The molecule has 0 N–H and O–H groups in total. The molecule has 1 aromatic rings. The second-order valence-corrected chi connectivity index (χ2v) is 8.84. The first-order valence-corrected chi connectivity index (χ1v) is 10.3. The molecule has 0 aromatic heterocycles. The normalized spacial score (nSPS) is 19.5. The van der Waals surface area contributed by atoms with E-state index in [2.05, 4.69) is 0 Å². The molecule has 3 rings (SSSR count). The summed E-state index contributed by atoms with van der Waals surface area (Å²) in [4.78, 5) is 12.7. The van der Waals surface area contributed by atoms with E-state index in [-0.39, 0.29) is 11.2 Å². The van der Waals surface area contributed by atoms with Crippen LogP contribution in [0.3, 0.4) is 0 Å². The molecule has 0 atom stereocenters. The number of ether oxygens (including phenoxy) is 1. The van der Waals surface area contributed by atoms with Crippen molar-refractivity contribution >= 4 is 21.4 Å². The smallest absolute Gasteiger partial charge is 0.338 e. The molecule has 0 bridgehead atoms. The molecule has 1 aromatic carbocycles. The number of carbonyl (C=O) groups excluding carboxylic acids is 1. The van der Waals surface area contributed by atoms with E-state index in [1.54, 1.807) is 31.2 Å². The Bertz CT molecular complexity index is 721. The van der Waals surface area contributed by atoms with E-state index < -0.39 is 9.84 Å². The SMILES string of the molecule is CCOC(=O)/C(=C/C1CCCC1)c1ccc(S(=O)(=O)C2CC2)cc1. The highest BCUT2D eigenvalue weighted by atomic mass is 32.2. The fourth-order valence-corrected chi connectivity index (χ4v) is 4.90. The molecule has 0 saturated heterocycles. The number of sulfone groups is 1. The maximum atomic E-state index is 12.3. The van der Waals surface area contributed by atoms with Gasteiger partial charge in [0.1, 0.15) is 0 Å². The molecule has 2 saturated carbocycles. The third-order valence-corrected chi connectivity index (χ3v) is 7.03. The first-order chi connectivity index (χ1) is 11.5. The average molecular weight is 348 g/mol. The standard InChI is InChI=1S/C19H24O4S/c1-2-23-19(20)18(13-14-5-3-4-6-14)15-7-9-16(10-8-15)24(21,22)17-11-12-17/h7-10,13-14,17H,2-6,11-12H2,1H3/b18-13+. The van der Waals surface area contributed by atoms with Crippen LogP contribution in [0.5, 0.6) is 0 Å². The van der Waals surface area contributed by atoms with Crippen LogP contribution in [0.1, 0.15) is 51.0 Å². The maximum Gasteiger partial charge on any atom is 0.338 e. The van der Waals surface area contributed by atoms with Crippen molar-refractivity contribution in [2.45, 2.75) is 55.6 Å². The highest BCUT2D eigenvalue weighted by Gasteiger charge is 2.36. The van der Waals surface area contributed by atoms with Crippen LogP contribution in [-0.2, 0) is 19.4 Å². The predicted octanol–water partition coefficient (Wildman–Crippen LogP) is 3.76. The lowest BCUT2D eigenvalue weighted by Gasteiger charge is -2.11. The summed E-state index contributed by atoms with van der Waals surface area (Å²) in [6.07, 6.45) is 8.08. The van der Waals surface area contributed by atoms with E-state index in [4.69, 9.17) is 4.74 Å². The molecular formula is C19H24O4S. The van der Waals surface area contributed by atoms with Gasteiger partial charge in [0.2, 0.25) is 0 Å². The summed E-state index contributed by atoms with van der Waals surface area (Å²) in [5.41, 5.74) is 1.29. The molecule has 0 spiro atoms. The molecule has 2 aliphatic carbocycles. The molecule has 2 fully saturated rings. The monoisotopic (exact) mass is 348 g/mol. The number of benzene rings is 1. The van der Waals surface area contributed by atoms with Crippen molar-refractivity contribution in [3.05, 3.63) is 35.9 Å². The highest BCUT2D eigenvalue weighted by molar-refractivity contribution is 7.92. The van der Waals surface area contributed by atoms with Crippen LogP contribution in [0.25, 0.3) is 5.57 Å². The molecule has 0 unspecified atom stereocenters. The second kappa shape index (κ2) is 7.09. The summed E-state index contributed by atoms with van der Waals surface area (Å²) in [5, 5.41) is -0.220. The molecule has 5 heteroatoms. The van der Waals surface area contributed by atoms with Gasteiger partial charge in [0.25, 0.3) is 0 Å². The van der Waals surface area contributed by atoms with Crippen molar-refractivity contribution in [1.82, 2.24) is 0 Å². The summed E-state index contributed by atoms with van der Waals surface area (Å²) in [6.45, 7) is 2.12. The van der Waals surface area contributed by atoms with Crippen LogP contribution in [0.15, 0.2) is 35.2 Å². The van der Waals surface area contributed by atoms with Crippen molar-refractivity contribution in [2.75, 3.05) is 6.61 Å². The summed E-state index contributed by atoms with van der Waals surface area (Å²) in [7, 11) is -3.20. The third-order valence-electron chi connectivity index (χ3n) is 4.75. The van der Waals surface area contributed by atoms with E-state index in [0.717, 1.165) is 31.2 Å². The van der Waals surface area contributed by atoms with Crippen LogP contribution in [0, 0.1) is 5.92 Å². The minimum Gasteiger partial charge on any atom is -0.462 e. The van der Waals surface area contributed by atoms with Crippen LogP contribution in [-0.4, -0.2) is 26.2 Å². The molecule has 4 nitrogen and oxygen atoms in total. The summed E-state index contributed by atoms with van der Waals surface area (Å²) >= 11 is 0. The zero-order valence-electron chi connectivity index (χ0n) is 14.0. The van der Waals surface area contributed by atoms with Crippen molar-refractivity contribution in [2.24, 2.45) is 5.92 Å². The molecule has 24 heavy (non-hydrogen) atoms. The topological polar surface area (TPSA) is 60.4 Å². The van der Waals surface area contributed by atoms with Crippen LogP contribution in [0.4, 0.5) is 0 Å². The van der Waals surface area contributed by atoms with Crippen LogP contribution in [0.2, 0.25) is 0 Å². The van der Waals surface area contributed by atoms with Crippen molar-refractivity contribution in [3.8, 4) is 0 Å². The summed E-state index contributed by atoms with van der Waals surface area (Å²) in [6, 6.07) is 6.69. The van der Waals surface area contributed by atoms with Crippen molar-refractivity contribution in [1.29, 1.82) is 0 Å². The number of carbonyl (C=O) groups is 1. The van der Waals surface area contributed by atoms with Crippen LogP contribution >= 0.6 is 0 Å². The Balaban J connectivity index is 1.88. The third kappa shape index (κ3) is 3.72. The Labute approximate surface area is 143 Å². The molecule has 0 aliphatic heterocycles. The molecule has 130 valence electrons. The Morgan fingerprint density at radius 3 is 2.29 bits per heavy atom. The van der Waals surface area contributed by atoms with E-state index >= 15 is 0 Å². The molecule has 0 amide bonds. The van der Waals surface area contributed by atoms with Gasteiger partial charge in [-0.05, 0) is 56.2 Å². The minimum absolute atomic E-state index is 0.220. The van der Waals surface area contributed by atoms with Crippen molar-refractivity contribution < 1.29 is 17.9 Å².